The molecule has 0 spiro atoms. The highest BCUT2D eigenvalue weighted by Gasteiger charge is 2.49. The number of nitrogens with one attached hydrogen (secondary N) is 2. The van der Waals surface area contributed by atoms with Gasteiger partial charge in [0, 0.05) is 11.3 Å². The van der Waals surface area contributed by atoms with E-state index in [0.717, 1.165) is 6.26 Å². The molecule has 0 aromatic heterocycles. The summed E-state index contributed by atoms with van der Waals surface area (Å²) in [5, 5.41) is 31.6. The maximum absolute atomic E-state index is 12.9. The summed E-state index contributed by atoms with van der Waals surface area (Å²) < 4.78 is 75.5. The molecular formula is C22H25F3N2O8S. The van der Waals surface area contributed by atoms with Gasteiger partial charge in [0.25, 0.3) is 0 Å². The summed E-state index contributed by atoms with van der Waals surface area (Å²) in [6, 6.07) is 9.12. The van der Waals surface area contributed by atoms with Crippen LogP contribution in [0.2, 0.25) is 0 Å². The number of halogens is 3. The second kappa shape index (κ2) is 10.6. The lowest BCUT2D eigenvalue weighted by Crippen LogP contribution is -2.66. The number of anilines is 1. The minimum Gasteiger partial charge on any atom is -0.462 e. The number of carbonyl (C=O) groups excluding carboxylic acids is 1. The molecule has 3 rings (SSSR count). The Labute approximate surface area is 204 Å². The van der Waals surface area contributed by atoms with Gasteiger partial charge in [0.1, 0.15) is 30.1 Å². The molecule has 2 aromatic rings. The third-order valence-electron chi connectivity index (χ3n) is 5.37. The Bertz CT molecular complexity index is 1210. The van der Waals surface area contributed by atoms with Crippen LogP contribution in [0.1, 0.15) is 5.56 Å². The first-order valence-electron chi connectivity index (χ1n) is 10.6. The van der Waals surface area contributed by atoms with Crippen LogP contribution in [0, 0.1) is 6.92 Å². The van der Waals surface area contributed by atoms with Crippen LogP contribution in [-0.2, 0) is 19.6 Å². The fraction of sp³-hybridized carbons (Fsp3) is 0.409. The van der Waals surface area contributed by atoms with E-state index in [1.807, 2.05) is 0 Å². The molecule has 14 heteroatoms. The number of aliphatic hydroxyl groups excluding tert-OH is 3. The molecule has 198 valence electrons. The van der Waals surface area contributed by atoms with Gasteiger partial charge in [0.15, 0.2) is 0 Å². The first-order valence-corrected chi connectivity index (χ1v) is 12.4. The zero-order valence-electron chi connectivity index (χ0n) is 19.1. The molecule has 0 bridgehead atoms. The van der Waals surface area contributed by atoms with Gasteiger partial charge in [-0.05, 0) is 36.2 Å². The maximum Gasteiger partial charge on any atom is 0.471 e. The zero-order chi connectivity index (χ0) is 26.8. The maximum atomic E-state index is 12.9. The number of ether oxygens (including phenoxy) is 2. The second-order valence-electron chi connectivity index (χ2n) is 8.22. The lowest BCUT2D eigenvalue weighted by Gasteiger charge is -2.42. The highest BCUT2D eigenvalue weighted by molar-refractivity contribution is 7.92. The van der Waals surface area contributed by atoms with E-state index >= 15 is 0 Å². The lowest BCUT2D eigenvalue weighted by molar-refractivity contribution is -0.247. The number of aliphatic hydroxyl groups is 3. The molecule has 1 heterocycles. The summed E-state index contributed by atoms with van der Waals surface area (Å²) in [5.41, 5.74) is 1.77. The summed E-state index contributed by atoms with van der Waals surface area (Å²) in [6.07, 6.45) is -11.3. The van der Waals surface area contributed by atoms with Crippen molar-refractivity contribution in [2.75, 3.05) is 17.6 Å². The largest absolute Gasteiger partial charge is 0.471 e. The van der Waals surface area contributed by atoms with Gasteiger partial charge in [-0.2, -0.15) is 13.2 Å². The van der Waals surface area contributed by atoms with E-state index in [1.165, 1.54) is 18.2 Å². The summed E-state index contributed by atoms with van der Waals surface area (Å²) in [4.78, 5) is 11.6. The predicted molar refractivity (Wildman–Crippen MR) is 121 cm³/mol. The molecule has 0 saturated carbocycles. The Morgan fingerprint density at radius 3 is 2.42 bits per heavy atom. The van der Waals surface area contributed by atoms with Crippen LogP contribution in [0.4, 0.5) is 18.9 Å². The van der Waals surface area contributed by atoms with E-state index in [9.17, 15) is 41.7 Å². The molecule has 1 fully saturated rings. The number of aryl methyl sites for hydroxylation is 1. The van der Waals surface area contributed by atoms with Gasteiger partial charge in [-0.3, -0.25) is 9.52 Å². The normalized spacial score (nSPS) is 24.7. The molecule has 0 radical (unpaired) electrons. The van der Waals surface area contributed by atoms with Gasteiger partial charge < -0.3 is 30.1 Å². The Balaban J connectivity index is 2.01. The number of alkyl halides is 3. The zero-order valence-corrected chi connectivity index (χ0v) is 19.9. The van der Waals surface area contributed by atoms with Gasteiger partial charge in [-0.25, -0.2) is 8.42 Å². The van der Waals surface area contributed by atoms with Crippen LogP contribution in [0.25, 0.3) is 11.1 Å². The van der Waals surface area contributed by atoms with Crippen molar-refractivity contribution in [3.05, 3.63) is 48.0 Å². The fourth-order valence-electron chi connectivity index (χ4n) is 3.76. The van der Waals surface area contributed by atoms with Gasteiger partial charge in [-0.1, -0.05) is 24.3 Å². The molecule has 5 N–H and O–H groups in total. The van der Waals surface area contributed by atoms with E-state index in [4.69, 9.17) is 9.47 Å². The average Bonchev–Trinajstić information content (AvgIpc) is 2.77. The summed E-state index contributed by atoms with van der Waals surface area (Å²) in [6.45, 7) is 0.913. The standard InChI is InChI=1S/C22H25F3N2O8S/c1-11-5-3-8-14(16(11)12-6-4-7-13(9-12)27-36(2,32)33)34-20-17(26-21(31)22(23,24)25)19(30)18(29)15(10-28)35-20/h3-9,15,17-20,27-30H,10H2,1-2H3,(H,26,31)/t15?,17-,18-,19+,20+/m0/s1. The molecule has 1 amide bonds. The van der Waals surface area contributed by atoms with E-state index in [-0.39, 0.29) is 11.4 Å². The highest BCUT2D eigenvalue weighted by Crippen LogP contribution is 2.36. The van der Waals surface area contributed by atoms with Gasteiger partial charge in [-0.15, -0.1) is 0 Å². The topological polar surface area (TPSA) is 154 Å². The van der Waals surface area contributed by atoms with E-state index in [0.29, 0.717) is 16.7 Å². The monoisotopic (exact) mass is 534 g/mol. The molecule has 1 aliphatic rings. The minimum atomic E-state index is -5.29. The summed E-state index contributed by atoms with van der Waals surface area (Å²) in [7, 11) is -3.58. The quantitative estimate of drug-likeness (QED) is 0.351. The van der Waals surface area contributed by atoms with E-state index < -0.39 is 59.4 Å². The lowest BCUT2D eigenvalue weighted by atomic mass is 9.96. The Kier molecular flexibility index (Phi) is 8.15. The van der Waals surface area contributed by atoms with Crippen molar-refractivity contribution in [1.29, 1.82) is 0 Å². The predicted octanol–water partition coefficient (Wildman–Crippen LogP) is 0.898. The first-order chi connectivity index (χ1) is 16.7. The molecule has 0 aliphatic carbocycles. The smallest absolute Gasteiger partial charge is 0.462 e. The minimum absolute atomic E-state index is 0.0584. The summed E-state index contributed by atoms with van der Waals surface area (Å²) in [5.74, 6) is -2.33. The molecule has 10 nitrogen and oxygen atoms in total. The van der Waals surface area contributed by atoms with Crippen molar-refractivity contribution >= 4 is 21.6 Å². The molecule has 2 aromatic carbocycles. The summed E-state index contributed by atoms with van der Waals surface area (Å²) >= 11 is 0. The molecule has 36 heavy (non-hydrogen) atoms. The van der Waals surface area contributed by atoms with Crippen molar-refractivity contribution in [3.63, 3.8) is 0 Å². The van der Waals surface area contributed by atoms with Crippen LogP contribution in [0.5, 0.6) is 5.75 Å². The van der Waals surface area contributed by atoms with Crippen LogP contribution in [-0.4, -0.2) is 79.3 Å². The number of hydrogen-bond acceptors (Lipinski definition) is 8. The molecule has 1 unspecified atom stereocenters. The Hall–Kier alpha value is -2.91. The molecule has 5 atom stereocenters. The second-order valence-corrected chi connectivity index (χ2v) is 9.97. The Morgan fingerprint density at radius 2 is 1.81 bits per heavy atom. The third-order valence-corrected chi connectivity index (χ3v) is 5.97. The van der Waals surface area contributed by atoms with Gasteiger partial charge in [0.2, 0.25) is 16.3 Å². The van der Waals surface area contributed by atoms with Crippen molar-refractivity contribution in [3.8, 4) is 16.9 Å². The first kappa shape index (κ1) is 27.7. The number of sulfonamides is 1. The number of hydrogen-bond donors (Lipinski definition) is 5. The Morgan fingerprint density at radius 1 is 1.14 bits per heavy atom. The van der Waals surface area contributed by atoms with Gasteiger partial charge in [0.05, 0.1) is 12.9 Å². The molecule has 1 aliphatic heterocycles. The third kappa shape index (κ3) is 6.44. The van der Waals surface area contributed by atoms with Crippen molar-refractivity contribution in [2.24, 2.45) is 0 Å². The molecule has 1 saturated heterocycles. The van der Waals surface area contributed by atoms with Gasteiger partial charge >= 0.3 is 12.1 Å². The van der Waals surface area contributed by atoms with Crippen molar-refractivity contribution in [1.82, 2.24) is 5.32 Å². The van der Waals surface area contributed by atoms with E-state index in [2.05, 4.69) is 4.72 Å². The van der Waals surface area contributed by atoms with E-state index in [1.54, 1.807) is 36.5 Å². The van der Waals surface area contributed by atoms with Crippen molar-refractivity contribution in [2.45, 2.75) is 43.7 Å². The average molecular weight is 535 g/mol. The molecular weight excluding hydrogens is 509 g/mol. The van der Waals surface area contributed by atoms with Crippen LogP contribution in [0.15, 0.2) is 42.5 Å². The van der Waals surface area contributed by atoms with Crippen LogP contribution in [0.3, 0.4) is 0 Å². The number of amides is 1. The van der Waals surface area contributed by atoms with Crippen molar-refractivity contribution < 1.29 is 51.2 Å². The SMILES string of the molecule is Cc1cccc(O[C@@H]2OC(CO)[C@H](O)[C@H](O)[C@@H]2NC(=O)C(F)(F)F)c1-c1cccc(NS(C)(=O)=O)c1. The highest BCUT2D eigenvalue weighted by atomic mass is 32.2. The number of carbonyl (C=O) groups is 1. The van der Waals surface area contributed by atoms with Crippen LogP contribution < -0.4 is 14.8 Å². The number of benzene rings is 2. The number of rotatable bonds is 7. The van der Waals surface area contributed by atoms with Crippen LogP contribution >= 0.6 is 0 Å². The fourth-order valence-corrected chi connectivity index (χ4v) is 4.31.